The van der Waals surface area contributed by atoms with Crippen molar-refractivity contribution in [1.82, 2.24) is 0 Å². The Morgan fingerprint density at radius 1 is 0.677 bits per heavy atom. The minimum atomic E-state index is -1.41. The first-order chi connectivity index (χ1) is 13.8. The van der Waals surface area contributed by atoms with Crippen LogP contribution in [-0.4, -0.2) is 23.9 Å². The minimum absolute atomic E-state index is 0. The molecule has 2 aromatic carbocycles. The standard InChI is InChI=1S/2C9H6Br2O4.Cu/c2*1-4(12)15-8-6(9(13)14)2-5(10)3-7(8)11;/h2*2-3H,1H3,(H,13,14);/q;;+2/p-2. The van der Waals surface area contributed by atoms with Crippen LogP contribution in [0.1, 0.15) is 34.6 Å². The van der Waals surface area contributed by atoms with E-state index in [0.29, 0.717) is 17.9 Å². The number of carbonyl (C=O) groups excluding carboxylic acids is 4. The van der Waals surface area contributed by atoms with Crippen molar-refractivity contribution in [3.63, 3.8) is 0 Å². The summed E-state index contributed by atoms with van der Waals surface area (Å²) in [6, 6.07) is 5.76. The summed E-state index contributed by atoms with van der Waals surface area (Å²) < 4.78 is 11.4. The fourth-order valence-electron chi connectivity index (χ4n) is 1.92. The van der Waals surface area contributed by atoms with Crippen LogP contribution in [0.25, 0.3) is 0 Å². The van der Waals surface area contributed by atoms with Gasteiger partial charge in [0.05, 0.1) is 20.9 Å². The van der Waals surface area contributed by atoms with Crippen LogP contribution in [0, 0.1) is 0 Å². The molecule has 2 rings (SSSR count). The van der Waals surface area contributed by atoms with Crippen molar-refractivity contribution in [2.45, 2.75) is 13.8 Å². The SMILES string of the molecule is CC(=O)Oc1c(Br)cc(Br)cc1C(=O)[O-].CC(=O)Oc1c(Br)cc(Br)cc1C(=O)[O-].[Cu+2]. The van der Waals surface area contributed by atoms with Gasteiger partial charge in [0, 0.05) is 33.9 Å². The molecule has 0 saturated heterocycles. The van der Waals surface area contributed by atoms with Crippen LogP contribution in [0.15, 0.2) is 42.2 Å². The van der Waals surface area contributed by atoms with Gasteiger partial charge < -0.3 is 29.3 Å². The molecular formula is C18H10Br4CuO8. The van der Waals surface area contributed by atoms with Gasteiger partial charge in [0.15, 0.2) is 11.5 Å². The normalized spacial score (nSPS) is 9.48. The molecule has 2 aromatic rings. The molecule has 0 N–H and O–H groups in total. The zero-order valence-electron chi connectivity index (χ0n) is 15.4. The summed E-state index contributed by atoms with van der Waals surface area (Å²) in [5.74, 6) is -4.11. The maximum atomic E-state index is 10.8. The van der Waals surface area contributed by atoms with Gasteiger partial charge in [-0.2, -0.15) is 0 Å². The second-order valence-electron chi connectivity index (χ2n) is 5.29. The van der Waals surface area contributed by atoms with Gasteiger partial charge in [-0.3, -0.25) is 9.59 Å². The number of hydrogen-bond donors (Lipinski definition) is 0. The first-order valence-electron chi connectivity index (χ1n) is 7.61. The average molecular weight is 737 g/mol. The molecule has 0 aliphatic rings. The molecule has 0 aliphatic carbocycles. The van der Waals surface area contributed by atoms with Crippen LogP contribution in [0.5, 0.6) is 11.5 Å². The van der Waals surface area contributed by atoms with E-state index < -0.39 is 23.9 Å². The van der Waals surface area contributed by atoms with Gasteiger partial charge in [-0.15, -0.1) is 0 Å². The topological polar surface area (TPSA) is 133 Å². The Balaban J connectivity index is 0.000000562. The third-order valence-electron chi connectivity index (χ3n) is 2.95. The molecule has 0 aromatic heterocycles. The van der Waals surface area contributed by atoms with Crippen LogP contribution in [-0.2, 0) is 26.7 Å². The molecule has 0 unspecified atom stereocenters. The number of hydrogen-bond acceptors (Lipinski definition) is 8. The Kier molecular flexibility index (Phi) is 12.8. The number of carbonyl (C=O) groups is 4. The van der Waals surface area contributed by atoms with Crippen LogP contribution in [0.4, 0.5) is 0 Å². The maximum absolute atomic E-state index is 10.8. The number of carboxylic acids is 2. The fraction of sp³-hybridized carbons (Fsp3) is 0.111. The number of rotatable bonds is 4. The van der Waals surface area contributed by atoms with Gasteiger partial charge in [0.25, 0.3) is 0 Å². The molecule has 0 fully saturated rings. The number of aromatic carboxylic acids is 2. The number of benzene rings is 2. The van der Waals surface area contributed by atoms with Crippen LogP contribution in [0.2, 0.25) is 0 Å². The number of ether oxygens (including phenoxy) is 2. The summed E-state index contributed by atoms with van der Waals surface area (Å²) in [5.41, 5.74) is -0.377. The van der Waals surface area contributed by atoms with Gasteiger partial charge in [0.2, 0.25) is 0 Å². The van der Waals surface area contributed by atoms with Crippen molar-refractivity contribution in [3.8, 4) is 11.5 Å². The third kappa shape index (κ3) is 9.42. The zero-order valence-corrected chi connectivity index (χ0v) is 22.7. The van der Waals surface area contributed by atoms with E-state index in [1.165, 1.54) is 26.0 Å². The first kappa shape index (κ1) is 29.8. The van der Waals surface area contributed by atoms with E-state index in [1.54, 1.807) is 12.1 Å². The number of carboxylic acid groups (broad SMARTS) is 2. The predicted octanol–water partition coefficient (Wildman–Crippen LogP) is 3.00. The largest absolute Gasteiger partial charge is 2.00 e. The molecule has 1 radical (unpaired) electrons. The van der Waals surface area contributed by atoms with Gasteiger partial charge in [-0.1, -0.05) is 31.9 Å². The van der Waals surface area contributed by atoms with Crippen molar-refractivity contribution >= 4 is 87.6 Å². The molecule has 0 spiro atoms. The van der Waals surface area contributed by atoms with Gasteiger partial charge >= 0.3 is 29.0 Å². The molecule has 0 amide bonds. The monoisotopic (exact) mass is 733 g/mol. The molecule has 169 valence electrons. The summed E-state index contributed by atoms with van der Waals surface area (Å²) in [5, 5.41) is 21.5. The molecule has 0 saturated carbocycles. The summed E-state index contributed by atoms with van der Waals surface area (Å²) in [6.45, 7) is 2.38. The van der Waals surface area contributed by atoms with Gasteiger partial charge in [-0.05, 0) is 56.1 Å². The molecule has 0 heterocycles. The summed E-state index contributed by atoms with van der Waals surface area (Å²) in [4.78, 5) is 43.0. The Bertz CT molecular complexity index is 945. The van der Waals surface area contributed by atoms with E-state index in [1.807, 2.05) is 0 Å². The molecule has 31 heavy (non-hydrogen) atoms. The molecule has 0 aliphatic heterocycles. The van der Waals surface area contributed by atoms with E-state index >= 15 is 0 Å². The number of halogens is 4. The van der Waals surface area contributed by atoms with Crippen LogP contribution in [0.3, 0.4) is 0 Å². The first-order valence-corrected chi connectivity index (χ1v) is 10.8. The van der Waals surface area contributed by atoms with Gasteiger partial charge in [-0.25, -0.2) is 0 Å². The van der Waals surface area contributed by atoms with Crippen molar-refractivity contribution < 1.29 is 55.9 Å². The van der Waals surface area contributed by atoms with E-state index in [0.717, 1.165) is 0 Å². The van der Waals surface area contributed by atoms with Crippen molar-refractivity contribution in [3.05, 3.63) is 53.3 Å². The molecular weight excluding hydrogens is 727 g/mol. The fourth-order valence-corrected chi connectivity index (χ4v) is 4.53. The Morgan fingerprint density at radius 3 is 1.19 bits per heavy atom. The second kappa shape index (κ2) is 13.3. The van der Waals surface area contributed by atoms with E-state index in [4.69, 9.17) is 9.47 Å². The molecule has 0 atom stereocenters. The van der Waals surface area contributed by atoms with E-state index in [-0.39, 0.29) is 39.7 Å². The Hall–Kier alpha value is -1.24. The van der Waals surface area contributed by atoms with E-state index in [9.17, 15) is 29.4 Å². The maximum Gasteiger partial charge on any atom is 2.00 e. The number of esters is 2. The molecule has 8 nitrogen and oxygen atoms in total. The van der Waals surface area contributed by atoms with Crippen molar-refractivity contribution in [2.75, 3.05) is 0 Å². The second-order valence-corrected chi connectivity index (χ2v) is 8.83. The smallest absolute Gasteiger partial charge is 0.545 e. The average Bonchev–Trinajstić information content (AvgIpc) is 2.58. The summed E-state index contributed by atoms with van der Waals surface area (Å²) in [6.07, 6.45) is 0. The van der Waals surface area contributed by atoms with Crippen molar-refractivity contribution in [2.24, 2.45) is 0 Å². The van der Waals surface area contributed by atoms with Gasteiger partial charge in [0.1, 0.15) is 0 Å². The summed E-state index contributed by atoms with van der Waals surface area (Å²) in [7, 11) is 0. The Labute approximate surface area is 220 Å². The van der Waals surface area contributed by atoms with Crippen molar-refractivity contribution in [1.29, 1.82) is 0 Å². The quantitative estimate of drug-likeness (QED) is 0.266. The Morgan fingerprint density at radius 2 is 0.968 bits per heavy atom. The minimum Gasteiger partial charge on any atom is -0.545 e. The van der Waals surface area contributed by atoms with Crippen LogP contribution >= 0.6 is 63.7 Å². The van der Waals surface area contributed by atoms with Crippen LogP contribution < -0.4 is 19.7 Å². The predicted molar refractivity (Wildman–Crippen MR) is 115 cm³/mol. The third-order valence-corrected chi connectivity index (χ3v) is 5.04. The zero-order chi connectivity index (χ0) is 23.2. The summed E-state index contributed by atoms with van der Waals surface area (Å²) >= 11 is 12.4. The molecule has 13 heteroatoms. The van der Waals surface area contributed by atoms with E-state index in [2.05, 4.69) is 63.7 Å². The molecule has 0 bridgehead atoms.